The number of anilines is 1. The lowest BCUT2D eigenvalue weighted by molar-refractivity contribution is 0.101. The number of fused-ring (bicyclic) bond motifs is 1. The molecule has 1 N–H and O–H groups in total. The highest BCUT2D eigenvalue weighted by atomic mass is 32.2. The summed E-state index contributed by atoms with van der Waals surface area (Å²) in [6, 6.07) is 7.70. The normalized spacial score (nSPS) is 14.4. The molecule has 0 spiro atoms. The second kappa shape index (κ2) is 7.79. The Morgan fingerprint density at radius 2 is 1.90 bits per heavy atom. The van der Waals surface area contributed by atoms with E-state index in [-0.39, 0.29) is 23.1 Å². The van der Waals surface area contributed by atoms with Crippen molar-refractivity contribution in [1.82, 2.24) is 9.29 Å². The molecule has 0 atom stereocenters. The summed E-state index contributed by atoms with van der Waals surface area (Å²) in [4.78, 5) is 29.0. The number of nitrogens with one attached hydrogen (secondary N) is 1. The number of rotatable bonds is 5. The van der Waals surface area contributed by atoms with Crippen LogP contribution >= 0.6 is 22.7 Å². The van der Waals surface area contributed by atoms with Gasteiger partial charge in [0.1, 0.15) is 0 Å². The monoisotopic (exact) mass is 447 g/mol. The predicted molar refractivity (Wildman–Crippen MR) is 112 cm³/mol. The summed E-state index contributed by atoms with van der Waals surface area (Å²) in [5.74, 6) is -0.342. The van der Waals surface area contributed by atoms with Crippen LogP contribution in [-0.4, -0.2) is 35.9 Å². The van der Waals surface area contributed by atoms with Gasteiger partial charge in [-0.1, -0.05) is 12.1 Å². The lowest BCUT2D eigenvalue weighted by Gasteiger charge is -2.25. The lowest BCUT2D eigenvalue weighted by atomic mass is 10.2. The van der Waals surface area contributed by atoms with E-state index in [1.807, 2.05) is 5.38 Å². The van der Waals surface area contributed by atoms with Gasteiger partial charge in [-0.25, -0.2) is 13.4 Å². The highest BCUT2D eigenvalue weighted by Gasteiger charge is 2.30. The van der Waals surface area contributed by atoms with Gasteiger partial charge in [-0.15, -0.1) is 11.3 Å². The molecule has 3 heterocycles. The first-order chi connectivity index (χ1) is 13.8. The van der Waals surface area contributed by atoms with Gasteiger partial charge < -0.3 is 0 Å². The number of sulfonamides is 1. The fourth-order valence-corrected chi connectivity index (χ4v) is 6.15. The molecule has 0 aliphatic carbocycles. The van der Waals surface area contributed by atoms with E-state index in [1.54, 1.807) is 11.4 Å². The van der Waals surface area contributed by atoms with Crippen molar-refractivity contribution in [2.24, 2.45) is 0 Å². The molecule has 0 bridgehead atoms. The molecular weight excluding hydrogens is 430 g/mol. The SMILES string of the molecule is CC(=O)c1ccc(S(=O)(=O)N2CCc3nc(NC(=O)c4ccsc4)sc3C2)cc1. The highest BCUT2D eigenvalue weighted by Crippen LogP contribution is 2.31. The van der Waals surface area contributed by atoms with Gasteiger partial charge in [0.2, 0.25) is 10.0 Å². The van der Waals surface area contributed by atoms with Gasteiger partial charge in [-0.3, -0.25) is 14.9 Å². The second-order valence-corrected chi connectivity index (χ2v) is 10.3. The number of hydrogen-bond acceptors (Lipinski definition) is 7. The van der Waals surface area contributed by atoms with Crippen molar-refractivity contribution in [2.45, 2.75) is 24.8 Å². The van der Waals surface area contributed by atoms with Crippen LogP contribution in [0, 0.1) is 0 Å². The van der Waals surface area contributed by atoms with Crippen LogP contribution in [0.15, 0.2) is 46.0 Å². The van der Waals surface area contributed by atoms with E-state index in [1.165, 1.54) is 58.2 Å². The molecule has 1 amide bonds. The Bertz CT molecular complexity index is 1170. The van der Waals surface area contributed by atoms with Crippen molar-refractivity contribution >= 4 is 49.5 Å². The van der Waals surface area contributed by atoms with Gasteiger partial charge >= 0.3 is 0 Å². The predicted octanol–water partition coefficient (Wildman–Crippen LogP) is 3.41. The third kappa shape index (κ3) is 4.01. The van der Waals surface area contributed by atoms with Crippen LogP contribution in [0.5, 0.6) is 0 Å². The summed E-state index contributed by atoms with van der Waals surface area (Å²) < 4.78 is 27.4. The van der Waals surface area contributed by atoms with Crippen molar-refractivity contribution in [3.05, 3.63) is 62.8 Å². The number of thiophene rings is 1. The lowest BCUT2D eigenvalue weighted by Crippen LogP contribution is -2.35. The van der Waals surface area contributed by atoms with E-state index >= 15 is 0 Å². The zero-order valence-electron chi connectivity index (χ0n) is 15.4. The molecule has 1 aliphatic rings. The Balaban J connectivity index is 1.51. The Kier molecular flexibility index (Phi) is 5.34. The molecule has 1 aliphatic heterocycles. The van der Waals surface area contributed by atoms with E-state index in [9.17, 15) is 18.0 Å². The molecule has 0 saturated heterocycles. The zero-order valence-corrected chi connectivity index (χ0v) is 17.9. The maximum absolute atomic E-state index is 13.0. The van der Waals surface area contributed by atoms with Crippen molar-refractivity contribution in [1.29, 1.82) is 0 Å². The van der Waals surface area contributed by atoms with Gasteiger partial charge in [0.05, 0.1) is 22.7 Å². The van der Waals surface area contributed by atoms with E-state index in [4.69, 9.17) is 0 Å². The van der Waals surface area contributed by atoms with Gasteiger partial charge in [-0.2, -0.15) is 15.6 Å². The third-order valence-corrected chi connectivity index (χ3v) is 8.14. The Hall–Kier alpha value is -2.40. The van der Waals surface area contributed by atoms with Crippen LogP contribution in [0.1, 0.15) is 38.2 Å². The number of carbonyl (C=O) groups is 2. The third-order valence-electron chi connectivity index (χ3n) is 4.60. The zero-order chi connectivity index (χ0) is 20.6. The van der Waals surface area contributed by atoms with Crippen LogP contribution in [-0.2, 0) is 23.0 Å². The van der Waals surface area contributed by atoms with Crippen LogP contribution in [0.25, 0.3) is 0 Å². The molecule has 3 aromatic rings. The fourth-order valence-electron chi connectivity index (χ4n) is 3.00. The molecule has 4 rings (SSSR count). The number of benzene rings is 1. The molecule has 2 aromatic heterocycles. The molecule has 0 radical (unpaired) electrons. The van der Waals surface area contributed by atoms with Gasteiger partial charge in [0.25, 0.3) is 5.91 Å². The molecule has 29 heavy (non-hydrogen) atoms. The number of nitrogens with zero attached hydrogens (tertiary/aromatic N) is 2. The summed E-state index contributed by atoms with van der Waals surface area (Å²) in [6.45, 7) is 1.96. The number of amides is 1. The summed E-state index contributed by atoms with van der Waals surface area (Å²) >= 11 is 2.73. The number of Topliss-reactive ketones (excluding diaryl/α,β-unsaturated/α-hetero) is 1. The number of hydrogen-bond donors (Lipinski definition) is 1. The smallest absolute Gasteiger partial charge is 0.258 e. The van der Waals surface area contributed by atoms with E-state index in [2.05, 4.69) is 10.3 Å². The second-order valence-electron chi connectivity index (χ2n) is 6.52. The maximum Gasteiger partial charge on any atom is 0.258 e. The topological polar surface area (TPSA) is 96.4 Å². The minimum absolute atomic E-state index is 0.113. The highest BCUT2D eigenvalue weighted by molar-refractivity contribution is 7.89. The fraction of sp³-hybridized carbons (Fsp3) is 0.211. The van der Waals surface area contributed by atoms with Crippen molar-refractivity contribution in [2.75, 3.05) is 11.9 Å². The van der Waals surface area contributed by atoms with Crippen LogP contribution in [0.3, 0.4) is 0 Å². The summed E-state index contributed by atoms with van der Waals surface area (Å²) in [5.41, 5.74) is 1.86. The van der Waals surface area contributed by atoms with Gasteiger partial charge in [0, 0.05) is 28.8 Å². The maximum atomic E-state index is 13.0. The van der Waals surface area contributed by atoms with Gasteiger partial charge in [0.15, 0.2) is 10.9 Å². The Morgan fingerprint density at radius 3 is 2.55 bits per heavy atom. The van der Waals surface area contributed by atoms with E-state index in [0.717, 1.165) is 10.6 Å². The molecular formula is C19H17N3O4S3. The average Bonchev–Trinajstić information content (AvgIpc) is 3.37. The quantitative estimate of drug-likeness (QED) is 0.605. The van der Waals surface area contributed by atoms with E-state index in [0.29, 0.717) is 29.2 Å². The summed E-state index contributed by atoms with van der Waals surface area (Å²) in [5, 5.41) is 6.83. The first-order valence-electron chi connectivity index (χ1n) is 8.78. The van der Waals surface area contributed by atoms with Crippen LogP contribution < -0.4 is 5.32 Å². The minimum Gasteiger partial charge on any atom is -0.298 e. The largest absolute Gasteiger partial charge is 0.298 e. The van der Waals surface area contributed by atoms with E-state index < -0.39 is 10.0 Å². The first kappa shape index (κ1) is 19.9. The molecule has 150 valence electrons. The number of carbonyl (C=O) groups excluding carboxylic acids is 2. The molecule has 7 nitrogen and oxygen atoms in total. The molecule has 0 fully saturated rings. The van der Waals surface area contributed by atoms with Crippen molar-refractivity contribution in [3.63, 3.8) is 0 Å². The number of aromatic nitrogens is 1. The number of thiazole rings is 1. The summed E-state index contributed by atoms with van der Waals surface area (Å²) in [7, 11) is -3.68. The average molecular weight is 448 g/mol. The molecule has 0 saturated carbocycles. The molecule has 0 unspecified atom stereocenters. The standard InChI is InChI=1S/C19H17N3O4S3/c1-12(23)13-2-4-15(5-3-13)29(25,26)22-8-6-16-17(10-22)28-19(20-16)21-18(24)14-7-9-27-11-14/h2-5,7,9,11H,6,8,10H2,1H3,(H,20,21,24). The Morgan fingerprint density at radius 1 is 1.14 bits per heavy atom. The van der Waals surface area contributed by atoms with Crippen molar-refractivity contribution < 1.29 is 18.0 Å². The number of ketones is 1. The van der Waals surface area contributed by atoms with Crippen molar-refractivity contribution in [3.8, 4) is 0 Å². The van der Waals surface area contributed by atoms with Gasteiger partial charge in [-0.05, 0) is 30.5 Å². The first-order valence-corrected chi connectivity index (χ1v) is 12.0. The van der Waals surface area contributed by atoms with Crippen LogP contribution in [0.2, 0.25) is 0 Å². The minimum atomic E-state index is -3.68. The molecule has 10 heteroatoms. The Labute approximate surface area is 176 Å². The summed E-state index contributed by atoms with van der Waals surface area (Å²) in [6.07, 6.45) is 0.477. The molecule has 1 aromatic carbocycles. The van der Waals surface area contributed by atoms with Crippen LogP contribution in [0.4, 0.5) is 5.13 Å².